The molecule has 9 nitrogen and oxygen atoms in total. The molecule has 1 aliphatic heterocycles. The molecule has 0 aromatic heterocycles. The summed E-state index contributed by atoms with van der Waals surface area (Å²) in [7, 11) is 0. The lowest BCUT2D eigenvalue weighted by Gasteiger charge is -2.30. The summed E-state index contributed by atoms with van der Waals surface area (Å²) < 4.78 is 19.7. The van der Waals surface area contributed by atoms with Crippen LogP contribution in [0.2, 0.25) is 0 Å². The average Bonchev–Trinajstić information content (AvgIpc) is 2.86. The quantitative estimate of drug-likeness (QED) is 0.323. The molecule has 2 rings (SSSR count). The van der Waals surface area contributed by atoms with Gasteiger partial charge in [-0.1, -0.05) is 26.0 Å². The molecule has 0 radical (unpaired) electrons. The maximum atomic E-state index is 14.4. The van der Waals surface area contributed by atoms with Gasteiger partial charge in [-0.3, -0.25) is 4.79 Å². The van der Waals surface area contributed by atoms with Gasteiger partial charge in [0.25, 0.3) is 5.91 Å². The SMILES string of the molecule is CC1=CCC[C@H](CO)[C@@H](OC(N)=O)C(C)=C[C@H](C)[C@@H](O)[C@@H](CO)C[C@H](C)[C@@H](O)c2cc(F)cc(c2)NC1=O. The number of nitrogens with two attached hydrogens (primary N) is 1. The number of carbonyl (C=O) groups is 2. The predicted octanol–water partition coefficient (Wildman–Crippen LogP) is 3.19. The fraction of sp³-hybridized carbons (Fsp3) is 0.571. The van der Waals surface area contributed by atoms with Gasteiger partial charge >= 0.3 is 6.09 Å². The van der Waals surface area contributed by atoms with E-state index >= 15 is 0 Å². The number of nitrogens with one attached hydrogen (secondary N) is 1. The molecule has 1 heterocycles. The zero-order valence-electron chi connectivity index (χ0n) is 22.4. The molecule has 0 saturated carbocycles. The summed E-state index contributed by atoms with van der Waals surface area (Å²) in [5, 5.41) is 44.7. The third kappa shape index (κ3) is 8.62. The summed E-state index contributed by atoms with van der Waals surface area (Å²) in [5.41, 5.74) is 6.67. The van der Waals surface area contributed by atoms with E-state index in [4.69, 9.17) is 10.5 Å². The topological polar surface area (TPSA) is 162 Å². The van der Waals surface area contributed by atoms with Crippen LogP contribution in [-0.2, 0) is 9.53 Å². The minimum absolute atomic E-state index is 0.178. The van der Waals surface area contributed by atoms with E-state index < -0.39 is 59.8 Å². The molecule has 38 heavy (non-hydrogen) atoms. The lowest BCUT2D eigenvalue weighted by Crippen LogP contribution is -2.35. The van der Waals surface area contributed by atoms with Crippen LogP contribution in [0.3, 0.4) is 0 Å². The van der Waals surface area contributed by atoms with Crippen molar-refractivity contribution < 1.29 is 39.1 Å². The molecule has 0 fully saturated rings. The summed E-state index contributed by atoms with van der Waals surface area (Å²) in [4.78, 5) is 24.4. The van der Waals surface area contributed by atoms with Gasteiger partial charge in [-0.05, 0) is 68.4 Å². The van der Waals surface area contributed by atoms with E-state index in [-0.39, 0.29) is 30.9 Å². The highest BCUT2D eigenvalue weighted by Crippen LogP contribution is 2.33. The van der Waals surface area contributed by atoms with Crippen LogP contribution in [-0.4, -0.2) is 57.8 Å². The Morgan fingerprint density at radius 1 is 1.13 bits per heavy atom. The van der Waals surface area contributed by atoms with E-state index in [1.807, 2.05) is 0 Å². The van der Waals surface area contributed by atoms with Gasteiger partial charge in [0.15, 0.2) is 0 Å². The Kier molecular flexibility index (Phi) is 11.9. The predicted molar refractivity (Wildman–Crippen MR) is 141 cm³/mol. The van der Waals surface area contributed by atoms with E-state index in [0.717, 1.165) is 6.07 Å². The van der Waals surface area contributed by atoms with Crippen LogP contribution in [0.5, 0.6) is 0 Å². The number of anilines is 1. The second-order valence-electron chi connectivity index (χ2n) is 10.4. The van der Waals surface area contributed by atoms with E-state index in [0.29, 0.717) is 24.0 Å². The molecule has 0 spiro atoms. The van der Waals surface area contributed by atoms with Crippen LogP contribution < -0.4 is 11.1 Å². The Hall–Kier alpha value is -2.79. The molecule has 7 N–H and O–H groups in total. The fourth-order valence-electron chi connectivity index (χ4n) is 5.01. The third-order valence-corrected chi connectivity index (χ3v) is 7.22. The van der Waals surface area contributed by atoms with Crippen molar-refractivity contribution in [1.29, 1.82) is 0 Å². The standard InChI is InChI=1S/C28H41FN2O7/c1-15-6-5-7-19(13-32)26(38-28(30)37)18(4)8-16(2)25(35)21(14-33)9-17(3)24(34)20-10-22(29)12-23(11-20)31-27(15)36/h6,8,10-12,16-17,19,21,24-26,32-35H,5,7,9,13-14H2,1-4H3,(H2,30,37)(H,31,36)/t16-,17-,19+,21+,24+,25+,26-/m0/s1. The maximum Gasteiger partial charge on any atom is 0.405 e. The number of ether oxygens (including phenoxy) is 1. The van der Waals surface area contributed by atoms with E-state index in [2.05, 4.69) is 5.32 Å². The van der Waals surface area contributed by atoms with Crippen molar-refractivity contribution in [1.82, 2.24) is 0 Å². The van der Waals surface area contributed by atoms with Crippen molar-refractivity contribution >= 4 is 17.7 Å². The smallest absolute Gasteiger partial charge is 0.405 e. The van der Waals surface area contributed by atoms with Gasteiger partial charge in [-0.2, -0.15) is 0 Å². The molecule has 2 bridgehead atoms. The number of aliphatic hydroxyl groups is 4. The van der Waals surface area contributed by atoms with Gasteiger partial charge in [0.1, 0.15) is 11.9 Å². The van der Waals surface area contributed by atoms with Crippen molar-refractivity contribution in [2.75, 3.05) is 18.5 Å². The lowest BCUT2D eigenvalue weighted by atomic mass is 9.81. The maximum absolute atomic E-state index is 14.4. The number of benzene rings is 1. The number of primary amides is 1. The van der Waals surface area contributed by atoms with Crippen LogP contribution in [0.1, 0.15) is 58.6 Å². The lowest BCUT2D eigenvalue weighted by molar-refractivity contribution is -0.112. The fourth-order valence-corrected chi connectivity index (χ4v) is 5.01. The number of aliphatic hydroxyl groups excluding tert-OH is 4. The Morgan fingerprint density at radius 3 is 2.39 bits per heavy atom. The van der Waals surface area contributed by atoms with E-state index in [1.165, 1.54) is 12.1 Å². The number of hydrogen-bond donors (Lipinski definition) is 6. The Labute approximate surface area is 223 Å². The third-order valence-electron chi connectivity index (χ3n) is 7.22. The Bertz CT molecular complexity index is 1030. The molecule has 0 saturated heterocycles. The summed E-state index contributed by atoms with van der Waals surface area (Å²) in [6.07, 6.45) is 0.317. The molecule has 0 unspecified atom stereocenters. The molecule has 1 aromatic carbocycles. The number of rotatable bonds is 3. The van der Waals surface area contributed by atoms with Crippen LogP contribution in [0.25, 0.3) is 0 Å². The zero-order chi connectivity index (χ0) is 28.6. The number of carbonyl (C=O) groups excluding carboxylic acids is 2. The van der Waals surface area contributed by atoms with Crippen molar-refractivity contribution in [3.63, 3.8) is 0 Å². The van der Waals surface area contributed by atoms with Crippen LogP contribution in [0.4, 0.5) is 14.9 Å². The molecular formula is C28H41FN2O7. The number of amides is 2. The summed E-state index contributed by atoms with van der Waals surface area (Å²) >= 11 is 0. The minimum Gasteiger partial charge on any atom is -0.441 e. The van der Waals surface area contributed by atoms with E-state index in [1.54, 1.807) is 39.8 Å². The molecule has 10 heteroatoms. The van der Waals surface area contributed by atoms with Crippen molar-refractivity contribution in [2.45, 2.75) is 65.3 Å². The zero-order valence-corrected chi connectivity index (χ0v) is 22.4. The van der Waals surface area contributed by atoms with Gasteiger partial charge in [0.2, 0.25) is 0 Å². The molecule has 1 aromatic rings. The Morgan fingerprint density at radius 2 is 1.79 bits per heavy atom. The summed E-state index contributed by atoms with van der Waals surface area (Å²) in [6, 6.07) is 3.84. The van der Waals surface area contributed by atoms with Crippen LogP contribution in [0.15, 0.2) is 41.5 Å². The number of hydrogen-bond acceptors (Lipinski definition) is 7. The van der Waals surface area contributed by atoms with Gasteiger partial charge in [-0.15, -0.1) is 0 Å². The van der Waals surface area contributed by atoms with Crippen LogP contribution in [0, 0.1) is 29.5 Å². The van der Waals surface area contributed by atoms with Gasteiger partial charge in [0, 0.05) is 42.2 Å². The normalized spacial score (nSPS) is 30.1. The Balaban J connectivity index is 2.52. The van der Waals surface area contributed by atoms with Crippen molar-refractivity contribution in [2.24, 2.45) is 29.4 Å². The van der Waals surface area contributed by atoms with Crippen molar-refractivity contribution in [3.05, 3.63) is 52.9 Å². The first kappa shape index (κ1) is 31.4. The first-order valence-electron chi connectivity index (χ1n) is 12.9. The number of allylic oxidation sites excluding steroid dienone is 1. The van der Waals surface area contributed by atoms with Gasteiger partial charge < -0.3 is 36.2 Å². The van der Waals surface area contributed by atoms with Gasteiger partial charge in [0.05, 0.1) is 12.2 Å². The number of halogens is 1. The first-order chi connectivity index (χ1) is 17.9. The van der Waals surface area contributed by atoms with Crippen molar-refractivity contribution in [3.8, 4) is 0 Å². The van der Waals surface area contributed by atoms with Crippen LogP contribution >= 0.6 is 0 Å². The first-order valence-corrected chi connectivity index (χ1v) is 12.9. The highest BCUT2D eigenvalue weighted by molar-refractivity contribution is 6.03. The largest absolute Gasteiger partial charge is 0.441 e. The summed E-state index contributed by atoms with van der Waals surface area (Å²) in [6.45, 7) is 6.11. The summed E-state index contributed by atoms with van der Waals surface area (Å²) in [5.74, 6) is -3.20. The molecule has 1 aliphatic rings. The van der Waals surface area contributed by atoms with Gasteiger partial charge in [-0.25, -0.2) is 9.18 Å². The average molecular weight is 537 g/mol. The molecule has 212 valence electrons. The molecular weight excluding hydrogens is 495 g/mol. The molecule has 7 atom stereocenters. The second kappa shape index (κ2) is 14.4. The monoisotopic (exact) mass is 536 g/mol. The van der Waals surface area contributed by atoms with E-state index in [9.17, 15) is 34.4 Å². The number of fused-ring (bicyclic) bond motifs is 2. The molecule has 0 aliphatic carbocycles. The highest BCUT2D eigenvalue weighted by atomic mass is 19.1. The minimum atomic E-state index is -1.12. The highest BCUT2D eigenvalue weighted by Gasteiger charge is 2.31. The second-order valence-corrected chi connectivity index (χ2v) is 10.4. The molecule has 2 amide bonds.